The van der Waals surface area contributed by atoms with Crippen molar-refractivity contribution in [3.05, 3.63) is 0 Å². The van der Waals surface area contributed by atoms with Gasteiger partial charge in [-0.15, -0.1) is 0 Å². The minimum absolute atomic E-state index is 0.303. The van der Waals surface area contributed by atoms with Crippen molar-refractivity contribution in [1.82, 2.24) is 0 Å². The zero-order valence-corrected chi connectivity index (χ0v) is 8.16. The molecule has 0 unspecified atom stereocenters. The molecule has 0 saturated carbocycles. The van der Waals surface area contributed by atoms with Crippen molar-refractivity contribution < 1.29 is 29.5 Å². The Labute approximate surface area is 82.0 Å². The average Bonchev–Trinajstić information content (AvgIpc) is 2.20. The summed E-state index contributed by atoms with van der Waals surface area (Å²) in [5.74, 6) is 0. The first-order valence-electron chi connectivity index (χ1n) is 4.33. The van der Waals surface area contributed by atoms with Crippen LogP contribution in [0, 0.1) is 0 Å². The molecule has 14 heavy (non-hydrogen) atoms. The standard InChI is InChI=1S/C8H16O6/c1-12-6-4(3-9)14-8(11)5(10)7(6)13-2/h4-11H,3H2,1-2H3/t4-,5+,6-,7-,8+/m1/s1. The molecule has 1 rings (SSSR count). The molecule has 0 aromatic carbocycles. The first kappa shape index (κ1) is 11.8. The van der Waals surface area contributed by atoms with Crippen LogP contribution in [0.4, 0.5) is 0 Å². The summed E-state index contributed by atoms with van der Waals surface area (Å²) >= 11 is 0. The second kappa shape index (κ2) is 5.01. The summed E-state index contributed by atoms with van der Waals surface area (Å²) in [6.07, 6.45) is -4.52. The second-order valence-electron chi connectivity index (χ2n) is 3.14. The largest absolute Gasteiger partial charge is 0.394 e. The van der Waals surface area contributed by atoms with Crippen molar-refractivity contribution in [1.29, 1.82) is 0 Å². The molecule has 0 spiro atoms. The summed E-state index contributed by atoms with van der Waals surface area (Å²) in [5, 5.41) is 27.7. The Morgan fingerprint density at radius 1 is 1.14 bits per heavy atom. The van der Waals surface area contributed by atoms with Crippen LogP contribution in [-0.2, 0) is 14.2 Å². The number of hydrogen-bond acceptors (Lipinski definition) is 6. The highest BCUT2D eigenvalue weighted by molar-refractivity contribution is 4.90. The third kappa shape index (κ3) is 2.05. The Morgan fingerprint density at radius 2 is 1.71 bits per heavy atom. The van der Waals surface area contributed by atoms with Gasteiger partial charge >= 0.3 is 0 Å². The maximum Gasteiger partial charge on any atom is 0.184 e. The molecule has 0 amide bonds. The molecule has 1 saturated heterocycles. The van der Waals surface area contributed by atoms with Crippen LogP contribution in [0.1, 0.15) is 0 Å². The van der Waals surface area contributed by atoms with Crippen molar-refractivity contribution in [3.63, 3.8) is 0 Å². The van der Waals surface area contributed by atoms with Crippen molar-refractivity contribution in [3.8, 4) is 0 Å². The van der Waals surface area contributed by atoms with E-state index in [1.54, 1.807) is 0 Å². The molecule has 0 aromatic rings. The maximum atomic E-state index is 9.49. The Hall–Kier alpha value is -0.240. The van der Waals surface area contributed by atoms with Crippen LogP contribution in [-0.4, -0.2) is 66.9 Å². The molecule has 6 nitrogen and oxygen atoms in total. The summed E-state index contributed by atoms with van der Waals surface area (Å²) in [5.41, 5.74) is 0. The maximum absolute atomic E-state index is 9.49. The molecule has 1 aliphatic heterocycles. The van der Waals surface area contributed by atoms with Gasteiger partial charge in [0.1, 0.15) is 24.4 Å². The minimum Gasteiger partial charge on any atom is -0.394 e. The van der Waals surface area contributed by atoms with Gasteiger partial charge in [-0.2, -0.15) is 0 Å². The summed E-state index contributed by atoms with van der Waals surface area (Å²) in [6.45, 7) is -0.303. The van der Waals surface area contributed by atoms with E-state index in [0.717, 1.165) is 0 Å². The molecule has 3 N–H and O–H groups in total. The molecule has 84 valence electrons. The predicted molar refractivity (Wildman–Crippen MR) is 45.6 cm³/mol. The van der Waals surface area contributed by atoms with Crippen molar-refractivity contribution in [2.24, 2.45) is 0 Å². The van der Waals surface area contributed by atoms with Gasteiger partial charge in [0, 0.05) is 14.2 Å². The highest BCUT2D eigenvalue weighted by Gasteiger charge is 2.44. The van der Waals surface area contributed by atoms with Gasteiger partial charge in [0.25, 0.3) is 0 Å². The number of rotatable bonds is 3. The van der Waals surface area contributed by atoms with Crippen LogP contribution in [0.15, 0.2) is 0 Å². The quantitative estimate of drug-likeness (QED) is 0.501. The van der Waals surface area contributed by atoms with Gasteiger partial charge in [0.2, 0.25) is 0 Å². The van der Waals surface area contributed by atoms with Gasteiger partial charge in [-0.25, -0.2) is 0 Å². The minimum atomic E-state index is -1.36. The Balaban J connectivity index is 2.75. The monoisotopic (exact) mass is 208 g/mol. The third-order valence-corrected chi connectivity index (χ3v) is 2.36. The number of aliphatic hydroxyl groups is 3. The Bertz CT molecular complexity index is 171. The lowest BCUT2D eigenvalue weighted by Crippen LogP contribution is -2.59. The summed E-state index contributed by atoms with van der Waals surface area (Å²) in [7, 11) is 2.82. The van der Waals surface area contributed by atoms with E-state index >= 15 is 0 Å². The van der Waals surface area contributed by atoms with E-state index in [1.165, 1.54) is 14.2 Å². The molecule has 5 atom stereocenters. The Kier molecular flexibility index (Phi) is 4.24. The fraction of sp³-hybridized carbons (Fsp3) is 1.00. The molecular weight excluding hydrogens is 192 g/mol. The normalized spacial score (nSPS) is 43.9. The number of aliphatic hydroxyl groups excluding tert-OH is 3. The lowest BCUT2D eigenvalue weighted by Gasteiger charge is -2.40. The third-order valence-electron chi connectivity index (χ3n) is 2.36. The van der Waals surface area contributed by atoms with E-state index in [4.69, 9.17) is 19.3 Å². The second-order valence-corrected chi connectivity index (χ2v) is 3.14. The van der Waals surface area contributed by atoms with Gasteiger partial charge in [-0.3, -0.25) is 0 Å². The lowest BCUT2D eigenvalue weighted by atomic mass is 9.99. The van der Waals surface area contributed by atoms with Crippen LogP contribution < -0.4 is 0 Å². The van der Waals surface area contributed by atoms with Gasteiger partial charge in [-0.1, -0.05) is 0 Å². The van der Waals surface area contributed by atoms with Gasteiger partial charge in [0.05, 0.1) is 6.61 Å². The van der Waals surface area contributed by atoms with Crippen LogP contribution in [0.5, 0.6) is 0 Å². The van der Waals surface area contributed by atoms with E-state index in [-0.39, 0.29) is 6.61 Å². The van der Waals surface area contributed by atoms with E-state index in [9.17, 15) is 10.2 Å². The average molecular weight is 208 g/mol. The van der Waals surface area contributed by atoms with E-state index in [0.29, 0.717) is 0 Å². The molecule has 0 aliphatic carbocycles. The van der Waals surface area contributed by atoms with E-state index in [2.05, 4.69) is 0 Å². The van der Waals surface area contributed by atoms with E-state index < -0.39 is 30.7 Å². The van der Waals surface area contributed by atoms with Crippen LogP contribution in [0.2, 0.25) is 0 Å². The number of ether oxygens (including phenoxy) is 3. The van der Waals surface area contributed by atoms with Crippen molar-refractivity contribution in [2.75, 3.05) is 20.8 Å². The van der Waals surface area contributed by atoms with E-state index in [1.807, 2.05) is 0 Å². The smallest absolute Gasteiger partial charge is 0.184 e. The highest BCUT2D eigenvalue weighted by atomic mass is 16.7. The summed E-state index contributed by atoms with van der Waals surface area (Å²) in [6, 6.07) is 0. The number of methoxy groups -OCH3 is 2. The Morgan fingerprint density at radius 3 is 2.14 bits per heavy atom. The molecule has 0 radical (unpaired) electrons. The van der Waals surface area contributed by atoms with Crippen molar-refractivity contribution in [2.45, 2.75) is 30.7 Å². The van der Waals surface area contributed by atoms with Gasteiger partial charge < -0.3 is 29.5 Å². The molecule has 0 bridgehead atoms. The van der Waals surface area contributed by atoms with Crippen LogP contribution in [0.25, 0.3) is 0 Å². The predicted octanol–water partition coefficient (Wildman–Crippen LogP) is -1.91. The fourth-order valence-electron chi connectivity index (χ4n) is 1.61. The first-order valence-corrected chi connectivity index (χ1v) is 4.33. The molecule has 1 fully saturated rings. The van der Waals surface area contributed by atoms with Crippen LogP contribution in [0.3, 0.4) is 0 Å². The molecule has 1 heterocycles. The number of hydrogen-bond donors (Lipinski definition) is 3. The fourth-order valence-corrected chi connectivity index (χ4v) is 1.61. The zero-order chi connectivity index (χ0) is 10.7. The molecule has 0 aromatic heterocycles. The van der Waals surface area contributed by atoms with Gasteiger partial charge in [-0.05, 0) is 0 Å². The molecular formula is C8H16O6. The SMILES string of the molecule is CO[C@@H]1[C@H](O)[C@@H](O)O[C@H](CO)[C@H]1OC. The van der Waals surface area contributed by atoms with Crippen LogP contribution >= 0.6 is 0 Å². The lowest BCUT2D eigenvalue weighted by molar-refractivity contribution is -0.294. The zero-order valence-electron chi connectivity index (χ0n) is 8.16. The highest BCUT2D eigenvalue weighted by Crippen LogP contribution is 2.23. The summed E-state index contributed by atoms with van der Waals surface area (Å²) < 4.78 is 15.0. The first-order chi connectivity index (χ1) is 6.65. The van der Waals surface area contributed by atoms with Gasteiger partial charge in [0.15, 0.2) is 6.29 Å². The van der Waals surface area contributed by atoms with Crippen molar-refractivity contribution >= 4 is 0 Å². The summed E-state index contributed by atoms with van der Waals surface area (Å²) in [4.78, 5) is 0. The topological polar surface area (TPSA) is 88.4 Å². The molecule has 6 heteroatoms. The molecule has 1 aliphatic rings.